The molecule has 0 saturated carbocycles. The third kappa shape index (κ3) is 3.50. The Kier molecular flexibility index (Phi) is 3.67. The van der Waals surface area contributed by atoms with Crippen LogP contribution in [0.2, 0.25) is 0 Å². The summed E-state index contributed by atoms with van der Waals surface area (Å²) in [4.78, 5) is 0. The van der Waals surface area contributed by atoms with E-state index in [0.717, 1.165) is 6.42 Å². The molecule has 1 rings (SSSR count). The number of nitrogens with one attached hydrogen (secondary N) is 1. The average Bonchev–Trinajstić information content (AvgIpc) is 2.17. The lowest BCUT2D eigenvalue weighted by Crippen LogP contribution is -2.11. The summed E-state index contributed by atoms with van der Waals surface area (Å²) in [5, 5.41) is 7.17. The number of rotatable bonds is 3. The predicted octanol–water partition coefficient (Wildman–Crippen LogP) is 3.81. The van der Waals surface area contributed by atoms with Crippen LogP contribution in [-0.4, -0.2) is 6.21 Å². The molecule has 0 saturated heterocycles. The van der Waals surface area contributed by atoms with Crippen molar-refractivity contribution in [2.24, 2.45) is 5.92 Å². The Hall–Kier alpha value is -1.11. The standard InChI is InChI=1S/C14H21N/c1-11(10-15)9-12-5-7-13(8-6-12)14(2,3)4/h5-8,10-11,15H,9H2,1-4H3. The quantitative estimate of drug-likeness (QED) is 0.722. The first-order valence-electron chi connectivity index (χ1n) is 5.53. The molecule has 0 aromatic heterocycles. The topological polar surface area (TPSA) is 23.9 Å². The third-order valence-corrected chi connectivity index (χ3v) is 2.66. The van der Waals surface area contributed by atoms with E-state index in [4.69, 9.17) is 5.41 Å². The molecule has 0 amide bonds. The molecule has 1 unspecified atom stereocenters. The highest BCUT2D eigenvalue weighted by atomic mass is 14.3. The highest BCUT2D eigenvalue weighted by Crippen LogP contribution is 2.22. The van der Waals surface area contributed by atoms with Gasteiger partial charge in [0.15, 0.2) is 0 Å². The minimum atomic E-state index is 0.228. The zero-order valence-corrected chi connectivity index (χ0v) is 10.2. The van der Waals surface area contributed by atoms with Gasteiger partial charge in [0, 0.05) is 0 Å². The molecule has 0 spiro atoms. The van der Waals surface area contributed by atoms with Crippen LogP contribution in [0.4, 0.5) is 0 Å². The lowest BCUT2D eigenvalue weighted by molar-refractivity contribution is 0.589. The number of hydrogen-bond acceptors (Lipinski definition) is 1. The molecular formula is C14H21N. The van der Waals surface area contributed by atoms with Crippen molar-refractivity contribution in [3.63, 3.8) is 0 Å². The van der Waals surface area contributed by atoms with Gasteiger partial charge in [0.2, 0.25) is 0 Å². The van der Waals surface area contributed by atoms with Gasteiger partial charge in [-0.1, -0.05) is 52.0 Å². The van der Waals surface area contributed by atoms with Crippen LogP contribution < -0.4 is 0 Å². The van der Waals surface area contributed by atoms with Crippen LogP contribution in [0.15, 0.2) is 24.3 Å². The predicted molar refractivity (Wildman–Crippen MR) is 66.8 cm³/mol. The van der Waals surface area contributed by atoms with E-state index in [1.165, 1.54) is 17.3 Å². The second-order valence-corrected chi connectivity index (χ2v) is 5.29. The fourth-order valence-corrected chi connectivity index (χ4v) is 1.57. The van der Waals surface area contributed by atoms with Gasteiger partial charge in [0.05, 0.1) is 0 Å². The lowest BCUT2D eigenvalue weighted by Gasteiger charge is -2.19. The van der Waals surface area contributed by atoms with Gasteiger partial charge >= 0.3 is 0 Å². The summed E-state index contributed by atoms with van der Waals surface area (Å²) < 4.78 is 0. The van der Waals surface area contributed by atoms with Crippen LogP contribution in [-0.2, 0) is 11.8 Å². The number of hydrogen-bond donors (Lipinski definition) is 1. The largest absolute Gasteiger partial charge is 0.313 e. The van der Waals surface area contributed by atoms with E-state index in [9.17, 15) is 0 Å². The molecule has 0 aliphatic carbocycles. The van der Waals surface area contributed by atoms with Gasteiger partial charge < -0.3 is 5.41 Å². The fourth-order valence-electron chi connectivity index (χ4n) is 1.57. The second kappa shape index (κ2) is 4.61. The van der Waals surface area contributed by atoms with Crippen molar-refractivity contribution in [1.82, 2.24) is 0 Å². The van der Waals surface area contributed by atoms with Gasteiger partial charge in [0.25, 0.3) is 0 Å². The van der Waals surface area contributed by atoms with Crippen LogP contribution in [0.3, 0.4) is 0 Å². The van der Waals surface area contributed by atoms with Crippen molar-refractivity contribution in [1.29, 1.82) is 5.41 Å². The van der Waals surface area contributed by atoms with Crippen molar-refractivity contribution in [3.05, 3.63) is 35.4 Å². The van der Waals surface area contributed by atoms with Crippen molar-refractivity contribution < 1.29 is 0 Å². The summed E-state index contributed by atoms with van der Waals surface area (Å²) in [5.41, 5.74) is 2.92. The Labute approximate surface area is 93.0 Å². The van der Waals surface area contributed by atoms with Crippen molar-refractivity contribution in [2.45, 2.75) is 39.5 Å². The van der Waals surface area contributed by atoms with Crippen LogP contribution in [0.5, 0.6) is 0 Å². The van der Waals surface area contributed by atoms with Gasteiger partial charge in [0.1, 0.15) is 0 Å². The molecule has 0 radical (unpaired) electrons. The van der Waals surface area contributed by atoms with Gasteiger partial charge in [-0.3, -0.25) is 0 Å². The minimum absolute atomic E-state index is 0.228. The third-order valence-electron chi connectivity index (χ3n) is 2.66. The molecule has 0 aliphatic rings. The molecule has 1 atom stereocenters. The maximum absolute atomic E-state index is 7.17. The van der Waals surface area contributed by atoms with Crippen LogP contribution in [0.25, 0.3) is 0 Å². The first-order valence-corrected chi connectivity index (χ1v) is 5.53. The molecule has 0 aliphatic heterocycles. The van der Waals surface area contributed by atoms with E-state index in [0.29, 0.717) is 5.92 Å². The van der Waals surface area contributed by atoms with Crippen LogP contribution in [0.1, 0.15) is 38.8 Å². The van der Waals surface area contributed by atoms with E-state index in [1.807, 2.05) is 0 Å². The fraction of sp³-hybridized carbons (Fsp3) is 0.500. The monoisotopic (exact) mass is 203 g/mol. The highest BCUT2D eigenvalue weighted by molar-refractivity contribution is 5.56. The summed E-state index contributed by atoms with van der Waals surface area (Å²) in [5.74, 6) is 0.338. The summed E-state index contributed by atoms with van der Waals surface area (Å²) in [6.07, 6.45) is 2.48. The van der Waals surface area contributed by atoms with Gasteiger partial charge in [-0.15, -0.1) is 0 Å². The SMILES string of the molecule is CC(C=N)Cc1ccc(C(C)(C)C)cc1. The summed E-state index contributed by atoms with van der Waals surface area (Å²) in [6.45, 7) is 8.75. The Bertz CT molecular complexity index is 316. The van der Waals surface area contributed by atoms with E-state index >= 15 is 0 Å². The van der Waals surface area contributed by atoms with Gasteiger partial charge in [-0.05, 0) is 35.1 Å². The van der Waals surface area contributed by atoms with E-state index in [-0.39, 0.29) is 5.41 Å². The molecule has 1 heteroatoms. The van der Waals surface area contributed by atoms with E-state index in [2.05, 4.69) is 52.0 Å². The van der Waals surface area contributed by atoms with Gasteiger partial charge in [-0.2, -0.15) is 0 Å². The minimum Gasteiger partial charge on any atom is -0.313 e. The van der Waals surface area contributed by atoms with E-state index in [1.54, 1.807) is 0 Å². The summed E-state index contributed by atoms with van der Waals surface area (Å²) in [6, 6.07) is 8.76. The maximum Gasteiger partial charge on any atom is -0.00162 e. The normalized spacial score (nSPS) is 13.6. The molecular weight excluding hydrogens is 182 g/mol. The summed E-state index contributed by atoms with van der Waals surface area (Å²) >= 11 is 0. The molecule has 15 heavy (non-hydrogen) atoms. The summed E-state index contributed by atoms with van der Waals surface area (Å²) in [7, 11) is 0. The molecule has 0 heterocycles. The molecule has 1 N–H and O–H groups in total. The Morgan fingerprint density at radius 1 is 1.20 bits per heavy atom. The van der Waals surface area contributed by atoms with E-state index < -0.39 is 0 Å². The first-order chi connectivity index (χ1) is 6.93. The van der Waals surface area contributed by atoms with Crippen molar-refractivity contribution in [2.75, 3.05) is 0 Å². The van der Waals surface area contributed by atoms with Gasteiger partial charge in [-0.25, -0.2) is 0 Å². The Morgan fingerprint density at radius 2 is 1.73 bits per heavy atom. The molecule has 1 aromatic carbocycles. The maximum atomic E-state index is 7.17. The molecule has 82 valence electrons. The lowest BCUT2D eigenvalue weighted by atomic mass is 9.86. The molecule has 0 fully saturated rings. The molecule has 0 bridgehead atoms. The van der Waals surface area contributed by atoms with Crippen LogP contribution >= 0.6 is 0 Å². The first kappa shape index (κ1) is 12.0. The molecule has 1 aromatic rings. The molecule has 1 nitrogen and oxygen atoms in total. The van der Waals surface area contributed by atoms with Crippen molar-refractivity contribution in [3.8, 4) is 0 Å². The van der Waals surface area contributed by atoms with Crippen LogP contribution in [0, 0.1) is 11.3 Å². The zero-order valence-electron chi connectivity index (χ0n) is 10.2. The smallest absolute Gasteiger partial charge is 0.00162 e. The number of benzene rings is 1. The second-order valence-electron chi connectivity index (χ2n) is 5.29. The Balaban J connectivity index is 2.77. The van der Waals surface area contributed by atoms with Crippen molar-refractivity contribution >= 4 is 6.21 Å². The zero-order chi connectivity index (χ0) is 11.5. The Morgan fingerprint density at radius 3 is 2.13 bits per heavy atom. The average molecular weight is 203 g/mol. The highest BCUT2D eigenvalue weighted by Gasteiger charge is 2.12.